The number of hydrogen-bond acceptors (Lipinski definition) is 8. The van der Waals surface area contributed by atoms with E-state index in [-0.39, 0.29) is 30.8 Å². The third kappa shape index (κ3) is 6.92. The molecule has 3 aromatic rings. The summed E-state index contributed by atoms with van der Waals surface area (Å²) >= 11 is 0. The number of carbonyl (C=O) groups is 2. The first-order chi connectivity index (χ1) is 18.6. The van der Waals surface area contributed by atoms with Crippen molar-refractivity contribution in [3.63, 3.8) is 0 Å². The summed E-state index contributed by atoms with van der Waals surface area (Å²) in [4.78, 5) is 39.9. The molecule has 0 aliphatic carbocycles. The summed E-state index contributed by atoms with van der Waals surface area (Å²) in [7, 11) is 3.29. The molecule has 0 radical (unpaired) electrons. The van der Waals surface area contributed by atoms with E-state index >= 15 is 0 Å². The second-order valence-corrected chi connectivity index (χ2v) is 10.1. The van der Waals surface area contributed by atoms with Crippen LogP contribution in [0.2, 0.25) is 0 Å². The van der Waals surface area contributed by atoms with Crippen LogP contribution in [0.3, 0.4) is 0 Å². The van der Waals surface area contributed by atoms with Crippen molar-refractivity contribution in [2.75, 3.05) is 38.1 Å². The van der Waals surface area contributed by atoms with Crippen molar-refractivity contribution >= 4 is 17.5 Å². The largest absolute Gasteiger partial charge is 0.437 e. The SMILES string of the molecule is Cc1cc(-c2nn(C)c(=O)o2)ccc1N(CC(=O)NCCNC(C)C)CC(=O)N(C)N1Cc2ccccc2C1. The van der Waals surface area contributed by atoms with Gasteiger partial charge in [-0.1, -0.05) is 38.1 Å². The number of carbonyl (C=O) groups excluding carboxylic acids is 2. The van der Waals surface area contributed by atoms with Crippen LogP contribution in [0.25, 0.3) is 11.5 Å². The molecule has 0 unspecified atom stereocenters. The van der Waals surface area contributed by atoms with Gasteiger partial charge in [0.2, 0.25) is 11.8 Å². The molecule has 2 aromatic carbocycles. The van der Waals surface area contributed by atoms with Gasteiger partial charge in [-0.3, -0.25) is 14.6 Å². The number of nitrogens with one attached hydrogen (secondary N) is 2. The number of rotatable bonds is 11. The second-order valence-electron chi connectivity index (χ2n) is 10.1. The molecule has 1 aliphatic heterocycles. The van der Waals surface area contributed by atoms with Gasteiger partial charge in [0, 0.05) is 57.6 Å². The number of benzene rings is 2. The molecule has 11 heteroatoms. The average Bonchev–Trinajstić information content (AvgIpc) is 3.48. The molecule has 0 atom stereocenters. The molecule has 0 saturated heterocycles. The quantitative estimate of drug-likeness (QED) is 0.356. The molecule has 2 amide bonds. The van der Waals surface area contributed by atoms with E-state index in [1.807, 2.05) is 50.0 Å². The Bertz CT molecular complexity index is 1360. The van der Waals surface area contributed by atoms with Crippen LogP contribution in [0.4, 0.5) is 5.69 Å². The number of hydrazine groups is 1. The van der Waals surface area contributed by atoms with E-state index in [1.165, 1.54) is 18.2 Å². The van der Waals surface area contributed by atoms with Crippen molar-refractivity contribution in [1.82, 2.24) is 30.4 Å². The number of aryl methyl sites for hydroxylation is 2. The van der Waals surface area contributed by atoms with Crippen molar-refractivity contribution in [2.24, 2.45) is 7.05 Å². The molecule has 1 aliphatic rings. The molecule has 0 spiro atoms. The lowest BCUT2D eigenvalue weighted by atomic mass is 10.1. The molecule has 208 valence electrons. The minimum Gasteiger partial charge on any atom is -0.388 e. The van der Waals surface area contributed by atoms with Gasteiger partial charge in [-0.2, -0.15) is 4.68 Å². The highest BCUT2D eigenvalue weighted by molar-refractivity contribution is 5.87. The van der Waals surface area contributed by atoms with Gasteiger partial charge in [-0.25, -0.2) is 9.80 Å². The molecule has 11 nitrogen and oxygen atoms in total. The van der Waals surface area contributed by atoms with Crippen molar-refractivity contribution in [3.05, 3.63) is 69.7 Å². The maximum atomic E-state index is 13.5. The van der Waals surface area contributed by atoms with Crippen molar-refractivity contribution in [2.45, 2.75) is 39.9 Å². The fourth-order valence-electron chi connectivity index (χ4n) is 4.58. The Hall–Kier alpha value is -3.96. The first-order valence-electron chi connectivity index (χ1n) is 13.1. The van der Waals surface area contributed by atoms with Gasteiger partial charge in [0.1, 0.15) is 0 Å². The van der Waals surface area contributed by atoms with E-state index in [1.54, 1.807) is 23.0 Å². The Balaban J connectivity index is 1.50. The maximum Gasteiger partial charge on any atom is 0.437 e. The summed E-state index contributed by atoms with van der Waals surface area (Å²) in [5, 5.41) is 14.0. The lowest BCUT2D eigenvalue weighted by molar-refractivity contribution is -0.145. The zero-order valence-electron chi connectivity index (χ0n) is 23.2. The summed E-state index contributed by atoms with van der Waals surface area (Å²) in [6, 6.07) is 13.9. The monoisotopic (exact) mass is 535 g/mol. The fourth-order valence-corrected chi connectivity index (χ4v) is 4.58. The van der Waals surface area contributed by atoms with Crippen molar-refractivity contribution in [3.8, 4) is 11.5 Å². The molecular weight excluding hydrogens is 498 g/mol. The second kappa shape index (κ2) is 12.3. The summed E-state index contributed by atoms with van der Waals surface area (Å²) in [5.74, 6) is -0.641. The smallest absolute Gasteiger partial charge is 0.388 e. The van der Waals surface area contributed by atoms with Gasteiger partial charge in [0.05, 0.1) is 13.1 Å². The number of hydrogen-bond donors (Lipinski definition) is 2. The van der Waals surface area contributed by atoms with Crippen molar-refractivity contribution < 1.29 is 14.0 Å². The summed E-state index contributed by atoms with van der Waals surface area (Å²) < 4.78 is 6.35. The number of amides is 2. The van der Waals surface area contributed by atoms with Crippen LogP contribution < -0.4 is 21.3 Å². The van der Waals surface area contributed by atoms with Crippen LogP contribution >= 0.6 is 0 Å². The van der Waals surface area contributed by atoms with Crippen LogP contribution in [0.15, 0.2) is 51.7 Å². The standard InChI is InChI=1S/C28H37N7O4/c1-19(2)29-12-13-30-25(36)17-34(18-26(37)33(5)35-15-22-8-6-7-9-23(22)16-35)24-11-10-21(14-20(24)3)27-31-32(4)28(38)39-27/h6-11,14,19,29H,12-13,15-18H2,1-5H3,(H,30,36). The van der Waals surface area contributed by atoms with E-state index in [4.69, 9.17) is 4.42 Å². The molecule has 0 fully saturated rings. The molecule has 4 rings (SSSR count). The summed E-state index contributed by atoms with van der Waals surface area (Å²) in [6.45, 7) is 8.48. The lowest BCUT2D eigenvalue weighted by Crippen LogP contribution is -2.48. The van der Waals surface area contributed by atoms with E-state index in [0.717, 1.165) is 15.9 Å². The lowest BCUT2D eigenvalue weighted by Gasteiger charge is -2.32. The highest BCUT2D eigenvalue weighted by atomic mass is 16.4. The zero-order chi connectivity index (χ0) is 28.1. The van der Waals surface area contributed by atoms with Crippen molar-refractivity contribution in [1.29, 1.82) is 0 Å². The number of likely N-dealkylation sites (N-methyl/N-ethyl adjacent to an activating group) is 1. The van der Waals surface area contributed by atoms with E-state index < -0.39 is 5.76 Å². The van der Waals surface area contributed by atoms with Crippen LogP contribution in [-0.2, 0) is 29.7 Å². The highest BCUT2D eigenvalue weighted by Gasteiger charge is 2.27. The molecule has 1 aromatic heterocycles. The Labute approximate surface area is 228 Å². The number of nitrogens with zero attached hydrogens (tertiary/aromatic N) is 5. The van der Waals surface area contributed by atoms with Gasteiger partial charge < -0.3 is 20.0 Å². The van der Waals surface area contributed by atoms with Gasteiger partial charge in [0.15, 0.2) is 0 Å². The Kier molecular flexibility index (Phi) is 8.82. The molecule has 0 bridgehead atoms. The van der Waals surface area contributed by atoms with Crippen LogP contribution in [0.1, 0.15) is 30.5 Å². The van der Waals surface area contributed by atoms with Gasteiger partial charge >= 0.3 is 5.76 Å². The zero-order valence-corrected chi connectivity index (χ0v) is 23.2. The minimum absolute atomic E-state index is 0.0138. The highest BCUT2D eigenvalue weighted by Crippen LogP contribution is 2.27. The third-order valence-electron chi connectivity index (χ3n) is 6.74. The Morgan fingerprint density at radius 2 is 1.77 bits per heavy atom. The predicted octanol–water partition coefficient (Wildman–Crippen LogP) is 1.66. The van der Waals surface area contributed by atoms with Gasteiger partial charge in [0.25, 0.3) is 5.91 Å². The first kappa shape index (κ1) is 28.1. The van der Waals surface area contributed by atoms with Gasteiger partial charge in [-0.05, 0) is 41.8 Å². The third-order valence-corrected chi connectivity index (χ3v) is 6.74. The molecule has 0 saturated carbocycles. The molecule has 39 heavy (non-hydrogen) atoms. The Morgan fingerprint density at radius 3 is 2.36 bits per heavy atom. The number of anilines is 1. The number of aromatic nitrogens is 2. The van der Waals surface area contributed by atoms with Crippen LogP contribution in [-0.4, -0.2) is 70.9 Å². The summed E-state index contributed by atoms with van der Waals surface area (Å²) in [6.07, 6.45) is 0. The van der Waals surface area contributed by atoms with E-state index in [9.17, 15) is 14.4 Å². The fraction of sp³-hybridized carbons (Fsp3) is 0.429. The minimum atomic E-state index is -0.547. The van der Waals surface area contributed by atoms with E-state index in [2.05, 4.69) is 27.9 Å². The normalized spacial score (nSPS) is 13.0. The van der Waals surface area contributed by atoms with Crippen LogP contribution in [0, 0.1) is 6.92 Å². The molecular formula is C28H37N7O4. The van der Waals surface area contributed by atoms with Gasteiger partial charge in [-0.15, -0.1) is 5.10 Å². The van der Waals surface area contributed by atoms with E-state index in [0.29, 0.717) is 37.8 Å². The average molecular weight is 536 g/mol. The Morgan fingerprint density at radius 1 is 1.08 bits per heavy atom. The molecule has 2 heterocycles. The number of fused-ring (bicyclic) bond motifs is 1. The first-order valence-corrected chi connectivity index (χ1v) is 13.1. The topological polar surface area (TPSA) is 116 Å². The van der Waals surface area contributed by atoms with Crippen LogP contribution in [0.5, 0.6) is 0 Å². The molecule has 2 N–H and O–H groups in total. The maximum absolute atomic E-state index is 13.5. The summed E-state index contributed by atoms with van der Waals surface area (Å²) in [5.41, 5.74) is 4.60. The predicted molar refractivity (Wildman–Crippen MR) is 149 cm³/mol.